The molecule has 1 saturated carbocycles. The maximum Gasteiger partial charge on any atom is 0.166 e. The van der Waals surface area contributed by atoms with E-state index < -0.39 is 0 Å². The van der Waals surface area contributed by atoms with E-state index >= 15 is 0 Å². The standard InChI is InChI=1S/C16H19FO2/c1-11-9-13(17)3-4-14(11)15(18)12-5-8-19-16(10-12)6-2-7-16/h3-4,9,12H,2,5-8,10H2,1H3. The number of carbonyl (C=O) groups excluding carboxylic acids is 1. The highest BCUT2D eigenvalue weighted by Crippen LogP contribution is 2.45. The van der Waals surface area contributed by atoms with Crippen molar-refractivity contribution in [2.75, 3.05) is 6.61 Å². The van der Waals surface area contributed by atoms with Crippen LogP contribution in [0.1, 0.15) is 48.0 Å². The molecule has 3 rings (SSSR count). The van der Waals surface area contributed by atoms with E-state index in [0.29, 0.717) is 12.2 Å². The summed E-state index contributed by atoms with van der Waals surface area (Å²) in [6.45, 7) is 2.48. The van der Waals surface area contributed by atoms with E-state index in [2.05, 4.69) is 0 Å². The Balaban J connectivity index is 1.79. The quantitative estimate of drug-likeness (QED) is 0.760. The van der Waals surface area contributed by atoms with Gasteiger partial charge in [-0.15, -0.1) is 0 Å². The van der Waals surface area contributed by atoms with Crippen molar-refractivity contribution >= 4 is 5.78 Å². The Labute approximate surface area is 113 Å². The molecule has 1 aromatic rings. The van der Waals surface area contributed by atoms with Gasteiger partial charge in [-0.3, -0.25) is 4.79 Å². The van der Waals surface area contributed by atoms with E-state index in [4.69, 9.17) is 4.74 Å². The maximum absolute atomic E-state index is 13.1. The highest BCUT2D eigenvalue weighted by Gasteiger charge is 2.44. The van der Waals surface area contributed by atoms with E-state index in [1.807, 2.05) is 0 Å². The predicted octanol–water partition coefficient (Wildman–Crippen LogP) is 3.67. The smallest absolute Gasteiger partial charge is 0.166 e. The molecule has 1 saturated heterocycles. The third kappa shape index (κ3) is 2.32. The van der Waals surface area contributed by atoms with Crippen LogP contribution in [0.3, 0.4) is 0 Å². The molecule has 19 heavy (non-hydrogen) atoms. The van der Waals surface area contributed by atoms with Crippen molar-refractivity contribution in [3.63, 3.8) is 0 Å². The molecule has 0 N–H and O–H groups in total. The third-order valence-corrected chi connectivity index (χ3v) is 4.58. The van der Waals surface area contributed by atoms with Gasteiger partial charge < -0.3 is 4.74 Å². The topological polar surface area (TPSA) is 26.3 Å². The van der Waals surface area contributed by atoms with Gasteiger partial charge in [-0.2, -0.15) is 0 Å². The number of ketones is 1. The Bertz CT molecular complexity index is 505. The fraction of sp³-hybridized carbons (Fsp3) is 0.562. The Hall–Kier alpha value is -1.22. The van der Waals surface area contributed by atoms with Gasteiger partial charge in [0.05, 0.1) is 5.60 Å². The van der Waals surface area contributed by atoms with Crippen LogP contribution in [0, 0.1) is 18.7 Å². The molecule has 2 fully saturated rings. The molecule has 102 valence electrons. The molecule has 0 aromatic heterocycles. The first-order valence-electron chi connectivity index (χ1n) is 7.04. The van der Waals surface area contributed by atoms with Gasteiger partial charge in [0.15, 0.2) is 5.78 Å². The summed E-state index contributed by atoms with van der Waals surface area (Å²) >= 11 is 0. The minimum absolute atomic E-state index is 0.0213. The summed E-state index contributed by atoms with van der Waals surface area (Å²) in [5.41, 5.74) is 1.38. The minimum atomic E-state index is -0.281. The summed E-state index contributed by atoms with van der Waals surface area (Å²) in [4.78, 5) is 12.6. The van der Waals surface area contributed by atoms with Crippen molar-refractivity contribution in [3.05, 3.63) is 35.1 Å². The molecule has 1 aromatic carbocycles. The van der Waals surface area contributed by atoms with E-state index in [1.54, 1.807) is 13.0 Å². The van der Waals surface area contributed by atoms with Crippen LogP contribution in [0.5, 0.6) is 0 Å². The molecule has 1 aliphatic heterocycles. The zero-order valence-electron chi connectivity index (χ0n) is 11.2. The van der Waals surface area contributed by atoms with Crippen molar-refractivity contribution in [1.29, 1.82) is 0 Å². The molecule has 1 spiro atoms. The summed E-state index contributed by atoms with van der Waals surface area (Å²) in [5, 5.41) is 0. The molecule has 1 aliphatic carbocycles. The lowest BCUT2D eigenvalue weighted by molar-refractivity contribution is -0.137. The highest BCUT2D eigenvalue weighted by molar-refractivity contribution is 5.99. The first-order valence-corrected chi connectivity index (χ1v) is 7.04. The molecule has 0 radical (unpaired) electrons. The fourth-order valence-electron chi connectivity index (χ4n) is 3.29. The number of Topliss-reactive ketones (excluding diaryl/α,β-unsaturated/α-hetero) is 1. The molecular formula is C16H19FO2. The average Bonchev–Trinajstić information content (AvgIpc) is 2.36. The van der Waals surface area contributed by atoms with Crippen LogP contribution in [-0.2, 0) is 4.74 Å². The number of hydrogen-bond donors (Lipinski definition) is 0. The van der Waals surface area contributed by atoms with E-state index in [0.717, 1.165) is 31.2 Å². The van der Waals surface area contributed by atoms with Gasteiger partial charge >= 0.3 is 0 Å². The largest absolute Gasteiger partial charge is 0.375 e. The lowest BCUT2D eigenvalue weighted by atomic mass is 9.70. The van der Waals surface area contributed by atoms with Gasteiger partial charge in [0, 0.05) is 18.1 Å². The zero-order chi connectivity index (χ0) is 13.5. The first-order chi connectivity index (χ1) is 9.10. The second-order valence-corrected chi connectivity index (χ2v) is 5.90. The summed E-state index contributed by atoms with van der Waals surface area (Å²) < 4.78 is 19.0. The van der Waals surface area contributed by atoms with Crippen LogP contribution < -0.4 is 0 Å². The van der Waals surface area contributed by atoms with Crippen LogP contribution in [0.2, 0.25) is 0 Å². The molecule has 0 amide bonds. The van der Waals surface area contributed by atoms with E-state index in [9.17, 15) is 9.18 Å². The molecule has 2 nitrogen and oxygen atoms in total. The van der Waals surface area contributed by atoms with Crippen LogP contribution in [0.4, 0.5) is 4.39 Å². The molecule has 1 unspecified atom stereocenters. The summed E-state index contributed by atoms with van der Waals surface area (Å²) in [6, 6.07) is 4.43. The van der Waals surface area contributed by atoms with E-state index in [1.165, 1.54) is 18.6 Å². The lowest BCUT2D eigenvalue weighted by Crippen LogP contribution is -2.47. The van der Waals surface area contributed by atoms with Crippen LogP contribution >= 0.6 is 0 Å². The van der Waals surface area contributed by atoms with Crippen LogP contribution in [-0.4, -0.2) is 18.0 Å². The van der Waals surface area contributed by atoms with Gasteiger partial charge in [-0.05, 0) is 62.8 Å². The van der Waals surface area contributed by atoms with Crippen molar-refractivity contribution in [3.8, 4) is 0 Å². The Morgan fingerprint density at radius 1 is 1.42 bits per heavy atom. The minimum Gasteiger partial charge on any atom is -0.375 e. The van der Waals surface area contributed by atoms with Crippen molar-refractivity contribution in [2.24, 2.45) is 5.92 Å². The van der Waals surface area contributed by atoms with Crippen molar-refractivity contribution in [2.45, 2.75) is 44.6 Å². The molecule has 1 atom stereocenters. The summed E-state index contributed by atoms with van der Waals surface area (Å²) in [7, 11) is 0. The van der Waals surface area contributed by atoms with Gasteiger partial charge in [0.1, 0.15) is 5.82 Å². The van der Waals surface area contributed by atoms with E-state index in [-0.39, 0.29) is 23.1 Å². The maximum atomic E-state index is 13.1. The van der Waals surface area contributed by atoms with Crippen molar-refractivity contribution in [1.82, 2.24) is 0 Å². The number of benzene rings is 1. The number of halogens is 1. The second kappa shape index (κ2) is 4.71. The van der Waals surface area contributed by atoms with Gasteiger partial charge in [0.2, 0.25) is 0 Å². The number of carbonyl (C=O) groups is 1. The monoisotopic (exact) mass is 262 g/mol. The SMILES string of the molecule is Cc1cc(F)ccc1C(=O)C1CCOC2(CCC2)C1. The normalized spacial score (nSPS) is 25.1. The Morgan fingerprint density at radius 3 is 2.84 bits per heavy atom. The molecule has 1 heterocycles. The van der Waals surface area contributed by atoms with Crippen LogP contribution in [0.25, 0.3) is 0 Å². The van der Waals surface area contributed by atoms with Gasteiger partial charge in [-0.25, -0.2) is 4.39 Å². The number of ether oxygens (including phenoxy) is 1. The Kier molecular flexibility index (Phi) is 3.17. The molecule has 2 aliphatic rings. The average molecular weight is 262 g/mol. The summed E-state index contributed by atoms with van der Waals surface area (Å²) in [6.07, 6.45) is 4.99. The molecular weight excluding hydrogens is 243 g/mol. The van der Waals surface area contributed by atoms with Gasteiger partial charge in [0.25, 0.3) is 0 Å². The first kappa shape index (κ1) is 12.8. The third-order valence-electron chi connectivity index (χ3n) is 4.58. The fourth-order valence-corrected chi connectivity index (χ4v) is 3.29. The van der Waals surface area contributed by atoms with Crippen LogP contribution in [0.15, 0.2) is 18.2 Å². The van der Waals surface area contributed by atoms with Gasteiger partial charge in [-0.1, -0.05) is 0 Å². The second-order valence-electron chi connectivity index (χ2n) is 5.90. The number of rotatable bonds is 2. The highest BCUT2D eigenvalue weighted by atomic mass is 19.1. The lowest BCUT2D eigenvalue weighted by Gasteiger charge is -2.46. The zero-order valence-corrected chi connectivity index (χ0v) is 11.2. The molecule has 3 heteroatoms. The number of hydrogen-bond acceptors (Lipinski definition) is 2. The summed E-state index contributed by atoms with van der Waals surface area (Å²) in [5.74, 6) is -0.0817. The Morgan fingerprint density at radius 2 is 2.21 bits per heavy atom. The predicted molar refractivity (Wildman–Crippen MR) is 70.7 cm³/mol. The number of aryl methyl sites for hydroxylation is 1. The van der Waals surface area contributed by atoms with Crippen molar-refractivity contribution < 1.29 is 13.9 Å². The molecule has 0 bridgehead atoms.